The van der Waals surface area contributed by atoms with Gasteiger partial charge in [0.2, 0.25) is 0 Å². The van der Waals surface area contributed by atoms with Gasteiger partial charge in [-0.3, -0.25) is 4.90 Å². The lowest BCUT2D eigenvalue weighted by Crippen LogP contribution is -2.28. The van der Waals surface area contributed by atoms with E-state index < -0.39 is 0 Å². The molecule has 0 bridgehead atoms. The van der Waals surface area contributed by atoms with Crippen molar-refractivity contribution in [2.75, 3.05) is 13.1 Å². The van der Waals surface area contributed by atoms with Crippen LogP contribution in [0.25, 0.3) is 5.57 Å². The molecule has 1 N–H and O–H groups in total. The second-order valence-corrected chi connectivity index (χ2v) is 5.26. The van der Waals surface area contributed by atoms with Gasteiger partial charge >= 0.3 is 0 Å². The van der Waals surface area contributed by atoms with Crippen LogP contribution in [0.1, 0.15) is 17.5 Å². The Labute approximate surface area is 120 Å². The minimum Gasteiger partial charge on any atom is -0.508 e. The maximum absolute atomic E-state index is 9.37. The topological polar surface area (TPSA) is 23.5 Å². The molecule has 3 rings (SSSR count). The predicted molar refractivity (Wildman–Crippen MR) is 82.4 cm³/mol. The summed E-state index contributed by atoms with van der Waals surface area (Å²) in [7, 11) is 0. The molecule has 102 valence electrons. The Bertz CT molecular complexity index is 587. The first-order valence-corrected chi connectivity index (χ1v) is 7.06. The summed E-state index contributed by atoms with van der Waals surface area (Å²) in [5.74, 6) is 0.325. The number of aromatic hydroxyl groups is 1. The van der Waals surface area contributed by atoms with Crippen molar-refractivity contribution < 1.29 is 5.11 Å². The van der Waals surface area contributed by atoms with E-state index in [0.717, 1.165) is 26.1 Å². The molecule has 0 atom stereocenters. The van der Waals surface area contributed by atoms with Crippen molar-refractivity contribution >= 4 is 5.57 Å². The number of benzene rings is 2. The molecule has 1 aliphatic heterocycles. The average Bonchev–Trinajstić information content (AvgIpc) is 2.49. The van der Waals surface area contributed by atoms with Crippen molar-refractivity contribution in [1.82, 2.24) is 4.90 Å². The molecule has 2 aromatic carbocycles. The molecular weight excluding hydrogens is 246 g/mol. The maximum atomic E-state index is 9.37. The summed E-state index contributed by atoms with van der Waals surface area (Å²) >= 11 is 0. The van der Waals surface area contributed by atoms with Gasteiger partial charge in [0.05, 0.1) is 0 Å². The zero-order valence-corrected chi connectivity index (χ0v) is 11.5. The molecule has 0 amide bonds. The highest BCUT2D eigenvalue weighted by atomic mass is 16.3. The van der Waals surface area contributed by atoms with Crippen LogP contribution in [0.2, 0.25) is 0 Å². The molecule has 0 unspecified atom stereocenters. The van der Waals surface area contributed by atoms with Gasteiger partial charge in [-0.05, 0) is 35.3 Å². The van der Waals surface area contributed by atoms with Crippen molar-refractivity contribution in [2.24, 2.45) is 0 Å². The van der Waals surface area contributed by atoms with Crippen LogP contribution in [0.3, 0.4) is 0 Å². The van der Waals surface area contributed by atoms with Crippen molar-refractivity contribution in [3.63, 3.8) is 0 Å². The molecule has 2 heteroatoms. The summed E-state index contributed by atoms with van der Waals surface area (Å²) in [5, 5.41) is 9.37. The number of phenolic OH excluding ortho intramolecular Hbond substituents is 1. The first-order chi connectivity index (χ1) is 9.81. The highest BCUT2D eigenvalue weighted by Crippen LogP contribution is 2.23. The zero-order valence-electron chi connectivity index (χ0n) is 11.5. The van der Waals surface area contributed by atoms with E-state index in [0.29, 0.717) is 5.75 Å². The van der Waals surface area contributed by atoms with Gasteiger partial charge < -0.3 is 5.11 Å². The summed E-state index contributed by atoms with van der Waals surface area (Å²) in [5.41, 5.74) is 3.92. The van der Waals surface area contributed by atoms with Crippen LogP contribution in [0.5, 0.6) is 5.75 Å². The smallest absolute Gasteiger partial charge is 0.115 e. The zero-order chi connectivity index (χ0) is 13.8. The number of hydrogen-bond donors (Lipinski definition) is 1. The van der Waals surface area contributed by atoms with E-state index in [-0.39, 0.29) is 0 Å². The Kier molecular flexibility index (Phi) is 3.84. The number of nitrogens with zero attached hydrogens (tertiary/aromatic N) is 1. The van der Waals surface area contributed by atoms with Crippen LogP contribution in [-0.2, 0) is 6.54 Å². The lowest BCUT2D eigenvalue weighted by atomic mass is 10.0. The fraction of sp³-hybridized carbons (Fsp3) is 0.222. The third kappa shape index (κ3) is 3.09. The summed E-state index contributed by atoms with van der Waals surface area (Å²) in [6.07, 6.45) is 3.40. The molecule has 2 aromatic rings. The molecular formula is C18H19NO. The molecule has 0 saturated heterocycles. The SMILES string of the molecule is Oc1ccc(C2=CCCN(Cc3ccccc3)C2)cc1. The van der Waals surface area contributed by atoms with Crippen molar-refractivity contribution in [2.45, 2.75) is 13.0 Å². The lowest BCUT2D eigenvalue weighted by molar-refractivity contribution is 0.296. The van der Waals surface area contributed by atoms with Gasteiger partial charge in [-0.1, -0.05) is 48.5 Å². The van der Waals surface area contributed by atoms with E-state index in [1.807, 2.05) is 12.1 Å². The molecule has 0 aromatic heterocycles. The van der Waals surface area contributed by atoms with E-state index in [4.69, 9.17) is 0 Å². The largest absolute Gasteiger partial charge is 0.508 e. The normalized spacial score (nSPS) is 15.9. The third-order valence-corrected chi connectivity index (χ3v) is 3.72. The molecule has 0 saturated carbocycles. The minimum atomic E-state index is 0.325. The average molecular weight is 265 g/mol. The van der Waals surface area contributed by atoms with Crippen molar-refractivity contribution in [3.05, 3.63) is 71.8 Å². The maximum Gasteiger partial charge on any atom is 0.115 e. The Morgan fingerprint density at radius 3 is 2.45 bits per heavy atom. The molecule has 0 fully saturated rings. The molecule has 0 spiro atoms. The molecule has 2 nitrogen and oxygen atoms in total. The van der Waals surface area contributed by atoms with E-state index >= 15 is 0 Å². The van der Waals surface area contributed by atoms with E-state index in [9.17, 15) is 5.11 Å². The Morgan fingerprint density at radius 2 is 1.70 bits per heavy atom. The third-order valence-electron chi connectivity index (χ3n) is 3.72. The predicted octanol–water partition coefficient (Wildman–Crippen LogP) is 3.68. The van der Waals surface area contributed by atoms with Gasteiger partial charge in [0.25, 0.3) is 0 Å². The summed E-state index contributed by atoms with van der Waals surface area (Å²) in [6.45, 7) is 3.08. The minimum absolute atomic E-state index is 0.325. The summed E-state index contributed by atoms with van der Waals surface area (Å²) in [4.78, 5) is 2.47. The molecule has 20 heavy (non-hydrogen) atoms. The molecule has 1 heterocycles. The van der Waals surface area contributed by atoms with E-state index in [2.05, 4.69) is 41.3 Å². The number of hydrogen-bond acceptors (Lipinski definition) is 2. The second-order valence-electron chi connectivity index (χ2n) is 5.26. The summed E-state index contributed by atoms with van der Waals surface area (Å²) < 4.78 is 0. The van der Waals surface area contributed by atoms with Gasteiger partial charge in [-0.15, -0.1) is 0 Å². The van der Waals surface area contributed by atoms with Crippen LogP contribution >= 0.6 is 0 Å². The van der Waals surface area contributed by atoms with Gasteiger partial charge in [-0.2, -0.15) is 0 Å². The van der Waals surface area contributed by atoms with Crippen molar-refractivity contribution in [3.8, 4) is 5.75 Å². The highest BCUT2D eigenvalue weighted by Gasteiger charge is 2.14. The van der Waals surface area contributed by atoms with Gasteiger partial charge in [0, 0.05) is 19.6 Å². The van der Waals surface area contributed by atoms with E-state index in [1.54, 1.807) is 12.1 Å². The van der Waals surface area contributed by atoms with Crippen LogP contribution < -0.4 is 0 Å². The lowest BCUT2D eigenvalue weighted by Gasteiger charge is -2.27. The van der Waals surface area contributed by atoms with Crippen LogP contribution in [0.15, 0.2) is 60.7 Å². The molecule has 0 aliphatic carbocycles. The first-order valence-electron chi connectivity index (χ1n) is 7.06. The second kappa shape index (κ2) is 5.93. The van der Waals surface area contributed by atoms with Crippen LogP contribution in [0.4, 0.5) is 0 Å². The number of phenols is 1. The van der Waals surface area contributed by atoms with Gasteiger partial charge in [-0.25, -0.2) is 0 Å². The summed E-state index contributed by atoms with van der Waals surface area (Å²) in [6, 6.07) is 18.1. The van der Waals surface area contributed by atoms with Crippen molar-refractivity contribution in [1.29, 1.82) is 0 Å². The fourth-order valence-corrected chi connectivity index (χ4v) is 2.67. The van der Waals surface area contributed by atoms with E-state index in [1.165, 1.54) is 16.7 Å². The quantitative estimate of drug-likeness (QED) is 0.915. The fourth-order valence-electron chi connectivity index (χ4n) is 2.67. The highest BCUT2D eigenvalue weighted by molar-refractivity contribution is 5.68. The number of rotatable bonds is 3. The Morgan fingerprint density at radius 1 is 0.950 bits per heavy atom. The monoisotopic (exact) mass is 265 g/mol. The Hall–Kier alpha value is -2.06. The van der Waals surface area contributed by atoms with Gasteiger partial charge in [0.15, 0.2) is 0 Å². The van der Waals surface area contributed by atoms with Crippen LogP contribution in [0, 0.1) is 0 Å². The first kappa shape index (κ1) is 12.9. The standard InChI is InChI=1S/C18H19NO/c20-18-10-8-16(9-11-18)17-7-4-12-19(14-17)13-15-5-2-1-3-6-15/h1-3,5-11,20H,4,12-14H2. The van der Waals surface area contributed by atoms with Gasteiger partial charge in [0.1, 0.15) is 5.75 Å². The van der Waals surface area contributed by atoms with Crippen LogP contribution in [-0.4, -0.2) is 23.1 Å². The Balaban J connectivity index is 1.70. The molecule has 1 aliphatic rings. The molecule has 0 radical (unpaired) electrons.